The number of rotatable bonds is 8. The summed E-state index contributed by atoms with van der Waals surface area (Å²) in [5, 5.41) is 5.40. The number of thiazole rings is 1. The van der Waals surface area contributed by atoms with Gasteiger partial charge in [-0.15, -0.1) is 11.3 Å². The standard InChI is InChI=1S/C25H19FN2O3S/c26-19-10-6-17(7-11-19)25(30)18-8-12-22(13-9-18)31-15-21-16-32-24(28-21)14-23(29)27-20-4-2-1-3-5-20/h1-13,16H,14-15H2,(H,27,29). The first-order chi connectivity index (χ1) is 15.6. The van der Waals surface area contributed by atoms with E-state index in [4.69, 9.17) is 4.74 Å². The zero-order valence-corrected chi connectivity index (χ0v) is 17.8. The summed E-state index contributed by atoms with van der Waals surface area (Å²) < 4.78 is 18.8. The van der Waals surface area contributed by atoms with Crippen LogP contribution in [-0.2, 0) is 17.8 Å². The van der Waals surface area contributed by atoms with Gasteiger partial charge in [0.2, 0.25) is 5.91 Å². The lowest BCUT2D eigenvalue weighted by atomic mass is 10.0. The summed E-state index contributed by atoms with van der Waals surface area (Å²) in [7, 11) is 0. The van der Waals surface area contributed by atoms with Crippen LogP contribution in [-0.4, -0.2) is 16.7 Å². The number of aromatic nitrogens is 1. The SMILES string of the molecule is O=C(Cc1nc(COc2ccc(C(=O)c3ccc(F)cc3)cc2)cs1)Nc1ccccc1. The first-order valence-corrected chi connectivity index (χ1v) is 10.8. The molecule has 0 radical (unpaired) electrons. The van der Waals surface area contributed by atoms with Crippen molar-refractivity contribution in [2.45, 2.75) is 13.0 Å². The molecule has 0 atom stereocenters. The molecule has 4 rings (SSSR count). The third-order valence-corrected chi connectivity index (χ3v) is 5.48. The van der Waals surface area contributed by atoms with Gasteiger partial charge in [-0.25, -0.2) is 9.37 Å². The maximum atomic E-state index is 13.0. The molecule has 1 N–H and O–H groups in total. The predicted molar refractivity (Wildman–Crippen MR) is 121 cm³/mol. The molecule has 7 heteroatoms. The summed E-state index contributed by atoms with van der Waals surface area (Å²) in [6.45, 7) is 0.252. The smallest absolute Gasteiger partial charge is 0.231 e. The van der Waals surface area contributed by atoms with E-state index in [0.717, 1.165) is 11.4 Å². The van der Waals surface area contributed by atoms with Crippen molar-refractivity contribution in [1.29, 1.82) is 0 Å². The number of hydrogen-bond donors (Lipinski definition) is 1. The highest BCUT2D eigenvalue weighted by Gasteiger charge is 2.11. The van der Waals surface area contributed by atoms with Crippen LogP contribution in [0, 0.1) is 5.82 Å². The summed E-state index contributed by atoms with van der Waals surface area (Å²) in [5.74, 6) is -0.0988. The molecular formula is C25H19FN2O3S. The summed E-state index contributed by atoms with van der Waals surface area (Å²) in [6.07, 6.45) is 0.194. The normalized spacial score (nSPS) is 10.5. The number of amides is 1. The molecule has 0 bridgehead atoms. The van der Waals surface area contributed by atoms with Gasteiger partial charge in [0.25, 0.3) is 0 Å². The number of ketones is 1. The Morgan fingerprint density at radius 2 is 1.56 bits per heavy atom. The first-order valence-electron chi connectivity index (χ1n) is 9.88. The fourth-order valence-corrected chi connectivity index (χ4v) is 3.77. The van der Waals surface area contributed by atoms with Crippen molar-refractivity contribution in [2.24, 2.45) is 0 Å². The average Bonchev–Trinajstić information content (AvgIpc) is 3.26. The lowest BCUT2D eigenvalue weighted by molar-refractivity contribution is -0.115. The van der Waals surface area contributed by atoms with Crippen LogP contribution >= 0.6 is 11.3 Å². The molecule has 160 valence electrons. The average molecular weight is 447 g/mol. The zero-order valence-electron chi connectivity index (χ0n) is 17.0. The van der Waals surface area contributed by atoms with E-state index in [9.17, 15) is 14.0 Å². The van der Waals surface area contributed by atoms with Crippen molar-refractivity contribution < 1.29 is 18.7 Å². The number of carbonyl (C=O) groups is 2. The van der Waals surface area contributed by atoms with Gasteiger partial charge in [0, 0.05) is 22.2 Å². The van der Waals surface area contributed by atoms with E-state index >= 15 is 0 Å². The van der Waals surface area contributed by atoms with Crippen LogP contribution in [0.3, 0.4) is 0 Å². The molecule has 0 unspecified atom stereocenters. The summed E-state index contributed by atoms with van der Waals surface area (Å²) in [5.41, 5.74) is 2.39. The first kappa shape index (κ1) is 21.4. The number of ether oxygens (including phenoxy) is 1. The Labute approximate surface area is 188 Å². The summed E-state index contributed by atoms with van der Waals surface area (Å²) in [4.78, 5) is 29.1. The second-order valence-corrected chi connectivity index (χ2v) is 7.92. The topological polar surface area (TPSA) is 68.3 Å². The quantitative estimate of drug-likeness (QED) is 0.374. The molecule has 0 aliphatic rings. The Kier molecular flexibility index (Phi) is 6.67. The van der Waals surface area contributed by atoms with Gasteiger partial charge in [-0.1, -0.05) is 18.2 Å². The largest absolute Gasteiger partial charge is 0.487 e. The number of nitrogens with zero attached hydrogens (tertiary/aromatic N) is 1. The second-order valence-electron chi connectivity index (χ2n) is 6.97. The molecule has 0 saturated carbocycles. The maximum absolute atomic E-state index is 13.0. The van der Waals surface area contributed by atoms with E-state index in [-0.39, 0.29) is 30.5 Å². The van der Waals surface area contributed by atoms with Gasteiger partial charge >= 0.3 is 0 Å². The van der Waals surface area contributed by atoms with Crippen molar-refractivity contribution >= 4 is 28.7 Å². The molecule has 1 amide bonds. The van der Waals surface area contributed by atoms with E-state index in [1.165, 1.54) is 35.6 Å². The van der Waals surface area contributed by atoms with Gasteiger partial charge in [0.1, 0.15) is 23.2 Å². The van der Waals surface area contributed by atoms with Gasteiger partial charge < -0.3 is 10.1 Å². The van der Waals surface area contributed by atoms with Gasteiger partial charge in [0.05, 0.1) is 12.1 Å². The molecule has 0 spiro atoms. The Balaban J connectivity index is 1.29. The van der Waals surface area contributed by atoms with Crippen LogP contribution in [0.2, 0.25) is 0 Å². The minimum atomic E-state index is -0.382. The molecule has 0 saturated heterocycles. The Bertz CT molecular complexity index is 1210. The molecule has 32 heavy (non-hydrogen) atoms. The van der Waals surface area contributed by atoms with Gasteiger partial charge in [0.15, 0.2) is 5.78 Å². The number of anilines is 1. The van der Waals surface area contributed by atoms with Crippen LogP contribution in [0.1, 0.15) is 26.6 Å². The molecule has 0 aliphatic carbocycles. The summed E-state index contributed by atoms with van der Waals surface area (Å²) >= 11 is 1.41. The number of carbonyl (C=O) groups excluding carboxylic acids is 2. The van der Waals surface area contributed by atoms with E-state index in [1.807, 2.05) is 35.7 Å². The van der Waals surface area contributed by atoms with Crippen LogP contribution in [0.4, 0.5) is 10.1 Å². The molecule has 0 aliphatic heterocycles. The zero-order chi connectivity index (χ0) is 22.3. The third kappa shape index (κ3) is 5.65. The number of hydrogen-bond acceptors (Lipinski definition) is 5. The highest BCUT2D eigenvalue weighted by atomic mass is 32.1. The molecular weight excluding hydrogens is 427 g/mol. The molecule has 1 heterocycles. The van der Waals surface area contributed by atoms with Gasteiger partial charge in [-0.05, 0) is 60.7 Å². The van der Waals surface area contributed by atoms with Gasteiger partial charge in [-0.3, -0.25) is 9.59 Å². The maximum Gasteiger partial charge on any atom is 0.231 e. The summed E-state index contributed by atoms with van der Waals surface area (Å²) in [6, 6.07) is 21.5. The van der Waals surface area contributed by atoms with Crippen molar-refractivity contribution in [2.75, 3.05) is 5.32 Å². The fourth-order valence-electron chi connectivity index (χ4n) is 2.99. The molecule has 0 fully saturated rings. The van der Waals surface area contributed by atoms with Crippen LogP contribution in [0.15, 0.2) is 84.2 Å². The van der Waals surface area contributed by atoms with E-state index < -0.39 is 0 Å². The Hall–Kier alpha value is -3.84. The lowest BCUT2D eigenvalue weighted by Crippen LogP contribution is -2.14. The molecule has 3 aromatic carbocycles. The van der Waals surface area contributed by atoms with Crippen molar-refractivity contribution in [3.05, 3.63) is 112 Å². The molecule has 1 aromatic heterocycles. The second kappa shape index (κ2) is 9.98. The third-order valence-electron chi connectivity index (χ3n) is 4.58. The van der Waals surface area contributed by atoms with Crippen LogP contribution in [0.25, 0.3) is 0 Å². The van der Waals surface area contributed by atoms with E-state index in [2.05, 4.69) is 10.3 Å². The van der Waals surface area contributed by atoms with Crippen molar-refractivity contribution in [3.63, 3.8) is 0 Å². The molecule has 4 aromatic rings. The number of para-hydroxylation sites is 1. The van der Waals surface area contributed by atoms with Crippen molar-refractivity contribution in [3.8, 4) is 5.75 Å². The van der Waals surface area contributed by atoms with E-state index in [0.29, 0.717) is 21.9 Å². The van der Waals surface area contributed by atoms with Crippen LogP contribution in [0.5, 0.6) is 5.75 Å². The minimum absolute atomic E-state index is 0.126. The fraction of sp³-hybridized carbons (Fsp3) is 0.0800. The Morgan fingerprint density at radius 1 is 0.906 bits per heavy atom. The highest BCUT2D eigenvalue weighted by molar-refractivity contribution is 7.09. The number of nitrogens with one attached hydrogen (secondary N) is 1. The van der Waals surface area contributed by atoms with Gasteiger partial charge in [-0.2, -0.15) is 0 Å². The lowest BCUT2D eigenvalue weighted by Gasteiger charge is -2.06. The monoisotopic (exact) mass is 446 g/mol. The Morgan fingerprint density at radius 3 is 2.25 bits per heavy atom. The minimum Gasteiger partial charge on any atom is -0.487 e. The van der Waals surface area contributed by atoms with Crippen LogP contribution < -0.4 is 10.1 Å². The van der Waals surface area contributed by atoms with Crippen molar-refractivity contribution in [1.82, 2.24) is 4.98 Å². The predicted octanol–water partition coefficient (Wildman–Crippen LogP) is 5.27. The highest BCUT2D eigenvalue weighted by Crippen LogP contribution is 2.18. The molecule has 5 nitrogen and oxygen atoms in total. The number of benzene rings is 3. The van der Waals surface area contributed by atoms with E-state index in [1.54, 1.807) is 24.3 Å². The number of halogens is 1.